The number of sulfonamides is 1. The van der Waals surface area contributed by atoms with Gasteiger partial charge in [-0.15, -0.1) is 0 Å². The van der Waals surface area contributed by atoms with E-state index in [4.69, 9.17) is 10.2 Å². The van der Waals surface area contributed by atoms with Crippen LogP contribution in [0, 0.1) is 0 Å². The van der Waals surface area contributed by atoms with Crippen LogP contribution in [0.5, 0.6) is 0 Å². The molecule has 0 aromatic carbocycles. The first-order valence-corrected chi connectivity index (χ1v) is 5.84. The summed E-state index contributed by atoms with van der Waals surface area (Å²) in [5.41, 5.74) is -1.12. The molecule has 0 amide bonds. The summed E-state index contributed by atoms with van der Waals surface area (Å²) in [6.45, 7) is 2.39. The lowest BCUT2D eigenvalue weighted by atomic mass is 10.0. The molecule has 6 heteroatoms. The fourth-order valence-electron chi connectivity index (χ4n) is 0.812. The van der Waals surface area contributed by atoms with Crippen LogP contribution in [-0.2, 0) is 10.0 Å². The van der Waals surface area contributed by atoms with Gasteiger partial charge in [-0.05, 0) is 13.3 Å². The summed E-state index contributed by atoms with van der Waals surface area (Å²) in [5.74, 6) is -0.0608. The molecule has 0 radical (unpaired) electrons. The second-order valence-electron chi connectivity index (χ2n) is 2.96. The minimum absolute atomic E-state index is 0.0608. The van der Waals surface area contributed by atoms with E-state index in [9.17, 15) is 8.42 Å². The van der Waals surface area contributed by atoms with Crippen molar-refractivity contribution in [2.45, 2.75) is 25.8 Å². The number of rotatable bonds is 6. The van der Waals surface area contributed by atoms with E-state index >= 15 is 0 Å². The van der Waals surface area contributed by atoms with Gasteiger partial charge in [0.05, 0.1) is 24.5 Å². The van der Waals surface area contributed by atoms with Crippen LogP contribution in [0.15, 0.2) is 0 Å². The van der Waals surface area contributed by atoms with Crippen LogP contribution in [-0.4, -0.2) is 43.1 Å². The van der Waals surface area contributed by atoms with E-state index in [1.54, 1.807) is 6.92 Å². The monoisotopic (exact) mass is 211 g/mol. The van der Waals surface area contributed by atoms with Crippen LogP contribution < -0.4 is 4.72 Å². The SMILES string of the molecule is CCC(CO)(CO)NS(=O)(=O)CC. The molecule has 0 aliphatic heterocycles. The Morgan fingerprint density at radius 3 is 1.92 bits per heavy atom. The zero-order valence-electron chi connectivity index (χ0n) is 7.95. The highest BCUT2D eigenvalue weighted by Gasteiger charge is 2.30. The molecule has 0 saturated carbocycles. The Morgan fingerprint density at radius 2 is 1.69 bits per heavy atom. The molecule has 0 aliphatic rings. The zero-order valence-corrected chi connectivity index (χ0v) is 8.76. The highest BCUT2D eigenvalue weighted by Crippen LogP contribution is 2.09. The van der Waals surface area contributed by atoms with Gasteiger partial charge in [0.15, 0.2) is 0 Å². The fraction of sp³-hybridized carbons (Fsp3) is 1.00. The highest BCUT2D eigenvalue weighted by atomic mass is 32.2. The third-order valence-electron chi connectivity index (χ3n) is 2.03. The van der Waals surface area contributed by atoms with Gasteiger partial charge in [-0.2, -0.15) is 0 Å². The van der Waals surface area contributed by atoms with Gasteiger partial charge in [0, 0.05) is 0 Å². The van der Waals surface area contributed by atoms with Gasteiger partial charge in [0.1, 0.15) is 0 Å². The second kappa shape index (κ2) is 4.90. The van der Waals surface area contributed by atoms with Crippen LogP contribution in [0.4, 0.5) is 0 Å². The number of nitrogens with one attached hydrogen (secondary N) is 1. The largest absolute Gasteiger partial charge is 0.394 e. The van der Waals surface area contributed by atoms with Crippen molar-refractivity contribution in [3.8, 4) is 0 Å². The fourth-order valence-corrected chi connectivity index (χ4v) is 1.89. The second-order valence-corrected chi connectivity index (χ2v) is 4.97. The topological polar surface area (TPSA) is 86.6 Å². The van der Waals surface area contributed by atoms with Crippen molar-refractivity contribution >= 4 is 10.0 Å². The maximum atomic E-state index is 11.2. The van der Waals surface area contributed by atoms with Gasteiger partial charge < -0.3 is 10.2 Å². The van der Waals surface area contributed by atoms with E-state index in [2.05, 4.69) is 4.72 Å². The Kier molecular flexibility index (Phi) is 4.83. The van der Waals surface area contributed by atoms with E-state index < -0.39 is 28.8 Å². The Hall–Kier alpha value is -0.170. The molecular weight excluding hydrogens is 194 g/mol. The van der Waals surface area contributed by atoms with Crippen molar-refractivity contribution in [2.24, 2.45) is 0 Å². The number of aliphatic hydroxyl groups excluding tert-OH is 2. The van der Waals surface area contributed by atoms with Crippen molar-refractivity contribution in [3.05, 3.63) is 0 Å². The summed E-state index contributed by atoms with van der Waals surface area (Å²) >= 11 is 0. The highest BCUT2D eigenvalue weighted by molar-refractivity contribution is 7.89. The molecule has 0 unspecified atom stereocenters. The van der Waals surface area contributed by atoms with Crippen molar-refractivity contribution in [3.63, 3.8) is 0 Å². The molecule has 0 fully saturated rings. The van der Waals surface area contributed by atoms with E-state index in [-0.39, 0.29) is 5.75 Å². The summed E-state index contributed by atoms with van der Waals surface area (Å²) in [7, 11) is -3.38. The van der Waals surface area contributed by atoms with Gasteiger partial charge in [0.2, 0.25) is 10.0 Å². The third kappa shape index (κ3) is 3.60. The predicted molar refractivity (Wildman–Crippen MR) is 49.8 cm³/mol. The lowest BCUT2D eigenvalue weighted by Gasteiger charge is -2.28. The average Bonchev–Trinajstić information content (AvgIpc) is 2.14. The minimum Gasteiger partial charge on any atom is -0.394 e. The van der Waals surface area contributed by atoms with E-state index in [1.165, 1.54) is 6.92 Å². The number of hydrogen-bond donors (Lipinski definition) is 3. The van der Waals surface area contributed by atoms with Gasteiger partial charge in [-0.25, -0.2) is 13.1 Å². The molecule has 3 N–H and O–H groups in total. The smallest absolute Gasteiger partial charge is 0.211 e. The Bertz CT molecular complexity index is 225. The van der Waals surface area contributed by atoms with E-state index in [0.29, 0.717) is 6.42 Å². The third-order valence-corrected chi connectivity index (χ3v) is 3.54. The minimum atomic E-state index is -3.38. The van der Waals surface area contributed by atoms with Crippen LogP contribution in [0.25, 0.3) is 0 Å². The first kappa shape index (κ1) is 12.8. The van der Waals surface area contributed by atoms with Gasteiger partial charge in [0.25, 0.3) is 0 Å². The molecule has 80 valence electrons. The molecule has 5 nitrogen and oxygen atoms in total. The summed E-state index contributed by atoms with van der Waals surface area (Å²) in [6, 6.07) is 0. The molecular formula is C7H17NO4S. The van der Waals surface area contributed by atoms with E-state index in [0.717, 1.165) is 0 Å². The van der Waals surface area contributed by atoms with Crippen molar-refractivity contribution in [1.29, 1.82) is 0 Å². The average molecular weight is 211 g/mol. The van der Waals surface area contributed by atoms with Crippen LogP contribution in [0.3, 0.4) is 0 Å². The summed E-state index contributed by atoms with van der Waals surface area (Å²) in [5, 5.41) is 17.9. The molecule has 0 atom stereocenters. The molecule has 0 saturated heterocycles. The van der Waals surface area contributed by atoms with Gasteiger partial charge >= 0.3 is 0 Å². The molecule has 0 bridgehead atoms. The molecule has 0 aromatic rings. The molecule has 0 aromatic heterocycles. The lowest BCUT2D eigenvalue weighted by Crippen LogP contribution is -2.54. The summed E-state index contributed by atoms with van der Waals surface area (Å²) in [4.78, 5) is 0. The van der Waals surface area contributed by atoms with Crippen LogP contribution >= 0.6 is 0 Å². The van der Waals surface area contributed by atoms with Crippen LogP contribution in [0.1, 0.15) is 20.3 Å². The number of hydrogen-bond acceptors (Lipinski definition) is 4. The lowest BCUT2D eigenvalue weighted by molar-refractivity contribution is 0.105. The quantitative estimate of drug-likeness (QED) is 0.529. The molecule has 0 rings (SSSR count). The molecule has 0 spiro atoms. The zero-order chi connectivity index (χ0) is 10.5. The predicted octanol–water partition coefficient (Wildman–Crippen LogP) is -0.941. The molecule has 0 heterocycles. The van der Waals surface area contributed by atoms with Crippen molar-refractivity contribution in [1.82, 2.24) is 4.72 Å². The van der Waals surface area contributed by atoms with Gasteiger partial charge in [-0.3, -0.25) is 0 Å². The van der Waals surface area contributed by atoms with Crippen LogP contribution in [0.2, 0.25) is 0 Å². The molecule has 13 heavy (non-hydrogen) atoms. The first-order valence-electron chi connectivity index (χ1n) is 4.18. The standard InChI is InChI=1S/C7H17NO4S/c1-3-7(5-9,6-10)8-13(11,12)4-2/h8-10H,3-6H2,1-2H3. The molecule has 0 aliphatic carbocycles. The summed E-state index contributed by atoms with van der Waals surface area (Å²) in [6.07, 6.45) is 0.346. The normalized spacial score (nSPS) is 13.2. The van der Waals surface area contributed by atoms with Crippen molar-refractivity contribution in [2.75, 3.05) is 19.0 Å². The van der Waals surface area contributed by atoms with Crippen molar-refractivity contribution < 1.29 is 18.6 Å². The first-order chi connectivity index (χ1) is 5.95. The Morgan fingerprint density at radius 1 is 1.23 bits per heavy atom. The maximum Gasteiger partial charge on any atom is 0.211 e. The van der Waals surface area contributed by atoms with Gasteiger partial charge in [-0.1, -0.05) is 6.92 Å². The Balaban J connectivity index is 4.61. The number of aliphatic hydroxyl groups is 2. The Labute approximate surface area is 78.8 Å². The maximum absolute atomic E-state index is 11.2. The van der Waals surface area contributed by atoms with E-state index in [1.807, 2.05) is 0 Å². The summed E-state index contributed by atoms with van der Waals surface area (Å²) < 4.78 is 24.6.